The Balaban J connectivity index is 1.83. The summed E-state index contributed by atoms with van der Waals surface area (Å²) >= 11 is 6.14. The van der Waals surface area contributed by atoms with Crippen LogP contribution >= 0.6 is 11.6 Å². The highest BCUT2D eigenvalue weighted by Gasteiger charge is 2.32. The molecule has 0 saturated carbocycles. The lowest BCUT2D eigenvalue weighted by atomic mass is 9.97. The first kappa shape index (κ1) is 19.8. The maximum atomic E-state index is 11.9. The predicted molar refractivity (Wildman–Crippen MR) is 105 cm³/mol. The molecule has 28 heavy (non-hydrogen) atoms. The Kier molecular flexibility index (Phi) is 6.25. The molecular weight excluding hydrogens is 386 g/mol. The van der Waals surface area contributed by atoms with E-state index in [0.717, 1.165) is 0 Å². The van der Waals surface area contributed by atoms with E-state index >= 15 is 0 Å². The number of halogens is 1. The number of anilines is 3. The lowest BCUT2D eigenvalue weighted by molar-refractivity contribution is -0.383. The summed E-state index contributed by atoms with van der Waals surface area (Å²) in [6, 6.07) is 6.92. The highest BCUT2D eigenvalue weighted by atomic mass is 35.5. The van der Waals surface area contributed by atoms with Gasteiger partial charge in [-0.2, -0.15) is 0 Å². The molecule has 3 rings (SSSR count). The minimum Gasteiger partial charge on any atom is -0.466 e. The summed E-state index contributed by atoms with van der Waals surface area (Å²) in [5.74, 6) is -0.134. The largest absolute Gasteiger partial charge is 0.466 e. The van der Waals surface area contributed by atoms with Gasteiger partial charge in [-0.1, -0.05) is 23.7 Å². The van der Waals surface area contributed by atoms with Crippen LogP contribution < -0.4 is 10.2 Å². The minimum absolute atomic E-state index is 0.0654. The summed E-state index contributed by atoms with van der Waals surface area (Å²) in [5.41, 5.74) is 0.287. The second-order valence-corrected chi connectivity index (χ2v) is 6.68. The van der Waals surface area contributed by atoms with Crippen LogP contribution in [0.2, 0.25) is 5.02 Å². The third kappa shape index (κ3) is 4.30. The third-order valence-electron chi connectivity index (χ3n) is 4.53. The Labute approximate surface area is 166 Å². The van der Waals surface area contributed by atoms with Gasteiger partial charge in [0.05, 0.1) is 28.2 Å². The Morgan fingerprint density at radius 2 is 2.07 bits per heavy atom. The van der Waals surface area contributed by atoms with Gasteiger partial charge >= 0.3 is 11.7 Å². The van der Waals surface area contributed by atoms with Crippen LogP contribution in [0.5, 0.6) is 0 Å². The SMILES string of the molecule is CCOC(=O)C1CCN(c2ncnc(Nc3ccccc3Cl)c2[N+](=O)[O-])CC1. The fraction of sp³-hybridized carbons (Fsp3) is 0.389. The van der Waals surface area contributed by atoms with E-state index in [9.17, 15) is 14.9 Å². The summed E-state index contributed by atoms with van der Waals surface area (Å²) in [6.07, 6.45) is 2.37. The number of piperidine rings is 1. The molecule has 1 aromatic heterocycles. The molecule has 0 unspecified atom stereocenters. The Bertz CT molecular complexity index is 871. The zero-order chi connectivity index (χ0) is 20.1. The number of esters is 1. The van der Waals surface area contributed by atoms with Gasteiger partial charge in [-0.05, 0) is 31.9 Å². The average molecular weight is 406 g/mol. The zero-order valence-corrected chi connectivity index (χ0v) is 16.1. The van der Waals surface area contributed by atoms with Crippen molar-refractivity contribution in [2.45, 2.75) is 19.8 Å². The van der Waals surface area contributed by atoms with Crippen molar-refractivity contribution in [2.24, 2.45) is 5.92 Å². The standard InChI is InChI=1S/C18H20ClN5O4/c1-2-28-18(25)12-7-9-23(10-8-12)17-15(24(26)27)16(20-11-21-17)22-14-6-4-3-5-13(14)19/h3-6,11-12H,2,7-10H2,1H3,(H,20,21,22). The number of nitrogens with one attached hydrogen (secondary N) is 1. The summed E-state index contributed by atoms with van der Waals surface area (Å²) in [5, 5.41) is 15.1. The lowest BCUT2D eigenvalue weighted by Gasteiger charge is -2.31. The van der Waals surface area contributed by atoms with Crippen LogP contribution in [0.25, 0.3) is 0 Å². The molecule has 0 atom stereocenters. The zero-order valence-electron chi connectivity index (χ0n) is 15.3. The van der Waals surface area contributed by atoms with Crippen molar-refractivity contribution in [3.63, 3.8) is 0 Å². The molecule has 0 bridgehead atoms. The van der Waals surface area contributed by atoms with E-state index in [2.05, 4.69) is 15.3 Å². The van der Waals surface area contributed by atoms with Gasteiger partial charge in [-0.3, -0.25) is 14.9 Å². The van der Waals surface area contributed by atoms with Crippen LogP contribution in [0, 0.1) is 16.0 Å². The summed E-state index contributed by atoms with van der Waals surface area (Å²) in [6.45, 7) is 3.04. The number of carbonyl (C=O) groups excluding carboxylic acids is 1. The molecule has 1 aromatic carbocycles. The molecular formula is C18H20ClN5O4. The molecule has 0 amide bonds. The summed E-state index contributed by atoms with van der Waals surface area (Å²) < 4.78 is 5.07. The Morgan fingerprint density at radius 1 is 1.36 bits per heavy atom. The highest BCUT2D eigenvalue weighted by Crippen LogP contribution is 2.36. The molecule has 1 aliphatic rings. The number of para-hydroxylation sites is 1. The molecule has 1 saturated heterocycles. The predicted octanol–water partition coefficient (Wildman–Crippen LogP) is 3.56. The number of nitro groups is 1. The van der Waals surface area contributed by atoms with E-state index in [1.807, 2.05) is 0 Å². The Morgan fingerprint density at radius 3 is 2.71 bits per heavy atom. The molecule has 1 aliphatic heterocycles. The lowest BCUT2D eigenvalue weighted by Crippen LogP contribution is -2.37. The van der Waals surface area contributed by atoms with E-state index in [0.29, 0.717) is 43.2 Å². The number of aromatic nitrogens is 2. The van der Waals surface area contributed by atoms with Gasteiger partial charge in [0.15, 0.2) is 0 Å². The molecule has 2 aromatic rings. The molecule has 1 N–H and O–H groups in total. The molecule has 10 heteroatoms. The maximum Gasteiger partial charge on any atom is 0.353 e. The Hall–Kier alpha value is -2.94. The van der Waals surface area contributed by atoms with Gasteiger partial charge < -0.3 is 15.0 Å². The van der Waals surface area contributed by atoms with Crippen molar-refractivity contribution in [2.75, 3.05) is 29.9 Å². The molecule has 1 fully saturated rings. The van der Waals surface area contributed by atoms with Crippen LogP contribution in [0.15, 0.2) is 30.6 Å². The maximum absolute atomic E-state index is 11.9. The minimum atomic E-state index is -0.508. The van der Waals surface area contributed by atoms with E-state index in [1.54, 1.807) is 36.1 Å². The molecule has 0 aliphatic carbocycles. The van der Waals surface area contributed by atoms with Crippen molar-refractivity contribution in [1.29, 1.82) is 0 Å². The molecule has 9 nitrogen and oxygen atoms in total. The monoisotopic (exact) mass is 405 g/mol. The van der Waals surface area contributed by atoms with Gasteiger partial charge in [-0.25, -0.2) is 9.97 Å². The number of hydrogen-bond donors (Lipinski definition) is 1. The van der Waals surface area contributed by atoms with Crippen LogP contribution in [-0.2, 0) is 9.53 Å². The van der Waals surface area contributed by atoms with E-state index in [-0.39, 0.29) is 29.2 Å². The van der Waals surface area contributed by atoms with Gasteiger partial charge in [0.1, 0.15) is 6.33 Å². The molecule has 148 valence electrons. The average Bonchev–Trinajstić information content (AvgIpc) is 2.69. The van der Waals surface area contributed by atoms with Crippen LogP contribution in [0.1, 0.15) is 19.8 Å². The number of carbonyl (C=O) groups is 1. The number of ether oxygens (including phenoxy) is 1. The fourth-order valence-electron chi connectivity index (χ4n) is 3.14. The first-order chi connectivity index (χ1) is 13.5. The second-order valence-electron chi connectivity index (χ2n) is 6.27. The topological polar surface area (TPSA) is 110 Å². The van der Waals surface area contributed by atoms with Crippen molar-refractivity contribution >= 4 is 40.6 Å². The molecule has 0 spiro atoms. The van der Waals surface area contributed by atoms with Crippen LogP contribution in [-0.4, -0.2) is 40.6 Å². The van der Waals surface area contributed by atoms with Crippen molar-refractivity contribution in [3.8, 4) is 0 Å². The molecule has 2 heterocycles. The van der Waals surface area contributed by atoms with Crippen molar-refractivity contribution in [1.82, 2.24) is 9.97 Å². The van der Waals surface area contributed by atoms with Crippen molar-refractivity contribution < 1.29 is 14.5 Å². The first-order valence-electron chi connectivity index (χ1n) is 8.93. The van der Waals surface area contributed by atoms with Gasteiger partial charge in [0.25, 0.3) is 0 Å². The quantitative estimate of drug-likeness (QED) is 0.441. The first-order valence-corrected chi connectivity index (χ1v) is 9.31. The van der Waals surface area contributed by atoms with E-state index in [4.69, 9.17) is 16.3 Å². The number of rotatable bonds is 6. The number of nitrogens with zero attached hydrogens (tertiary/aromatic N) is 4. The third-order valence-corrected chi connectivity index (χ3v) is 4.86. The highest BCUT2D eigenvalue weighted by molar-refractivity contribution is 6.33. The van der Waals surface area contributed by atoms with Gasteiger partial charge in [0, 0.05) is 13.1 Å². The smallest absolute Gasteiger partial charge is 0.353 e. The molecule has 0 radical (unpaired) electrons. The second kappa shape index (κ2) is 8.83. The number of benzene rings is 1. The summed E-state index contributed by atoms with van der Waals surface area (Å²) in [4.78, 5) is 33.1. The normalized spacial score (nSPS) is 14.6. The van der Waals surface area contributed by atoms with Crippen molar-refractivity contribution in [3.05, 3.63) is 45.7 Å². The van der Waals surface area contributed by atoms with Crippen LogP contribution in [0.3, 0.4) is 0 Å². The van der Waals surface area contributed by atoms with Gasteiger partial charge in [0.2, 0.25) is 11.6 Å². The summed E-state index contributed by atoms with van der Waals surface area (Å²) in [7, 11) is 0. The fourth-order valence-corrected chi connectivity index (χ4v) is 3.32. The van der Waals surface area contributed by atoms with E-state index in [1.165, 1.54) is 6.33 Å². The number of hydrogen-bond acceptors (Lipinski definition) is 8. The van der Waals surface area contributed by atoms with E-state index < -0.39 is 4.92 Å². The van der Waals surface area contributed by atoms with Gasteiger partial charge in [-0.15, -0.1) is 0 Å². The van der Waals surface area contributed by atoms with Crippen LogP contribution in [0.4, 0.5) is 23.0 Å².